The van der Waals surface area contributed by atoms with E-state index in [2.05, 4.69) is 23.6 Å². The van der Waals surface area contributed by atoms with E-state index in [1.165, 1.54) is 17.6 Å². The number of aliphatic hydroxyl groups is 1. The number of esters is 1. The summed E-state index contributed by atoms with van der Waals surface area (Å²) in [6, 6.07) is 4.05. The number of ether oxygens (including phenoxy) is 2. The zero-order chi connectivity index (χ0) is 22.5. The van der Waals surface area contributed by atoms with Crippen molar-refractivity contribution in [3.05, 3.63) is 34.5 Å². The van der Waals surface area contributed by atoms with E-state index in [0.29, 0.717) is 17.4 Å². The molecule has 1 aromatic rings. The second-order valence-corrected chi connectivity index (χ2v) is 8.32. The second-order valence-electron chi connectivity index (χ2n) is 8.32. The molecule has 170 valence electrons. The third kappa shape index (κ3) is 5.19. The van der Waals surface area contributed by atoms with Crippen molar-refractivity contribution in [1.82, 2.24) is 10.2 Å². The Morgan fingerprint density at radius 2 is 2.03 bits per heavy atom. The number of amides is 1. The average molecular weight is 432 g/mol. The number of nitrogens with zero attached hydrogens (tertiary/aromatic N) is 1. The van der Waals surface area contributed by atoms with Crippen LogP contribution in [0.15, 0.2) is 23.4 Å². The number of methoxy groups -OCH3 is 1. The third-order valence-corrected chi connectivity index (χ3v) is 5.72. The molecule has 31 heavy (non-hydrogen) atoms. The second kappa shape index (κ2) is 10.2. The van der Waals surface area contributed by atoms with E-state index in [9.17, 15) is 14.7 Å². The van der Waals surface area contributed by atoms with E-state index >= 15 is 0 Å². The molecular weight excluding hydrogens is 398 g/mol. The molecule has 0 aliphatic carbocycles. The van der Waals surface area contributed by atoms with Crippen LogP contribution in [0.25, 0.3) is 0 Å². The number of nitrogens with one attached hydrogen (secondary N) is 2. The molecule has 0 unspecified atom stereocenters. The van der Waals surface area contributed by atoms with Crippen LogP contribution in [0.3, 0.4) is 0 Å². The first-order valence-corrected chi connectivity index (χ1v) is 10.9. The fourth-order valence-corrected chi connectivity index (χ4v) is 4.21. The maximum Gasteiger partial charge on any atom is 0.337 e. The summed E-state index contributed by atoms with van der Waals surface area (Å²) in [4.78, 5) is 26.6. The number of hydrogen-bond donors (Lipinski definition) is 3. The molecule has 0 spiro atoms. The Labute approximate surface area is 183 Å². The minimum Gasteiger partial charge on any atom is -0.489 e. The molecule has 0 aromatic heterocycles. The van der Waals surface area contributed by atoms with Gasteiger partial charge in [0.1, 0.15) is 11.4 Å². The minimum atomic E-state index is -0.564. The van der Waals surface area contributed by atoms with Gasteiger partial charge in [-0.3, -0.25) is 4.79 Å². The number of β-amino-alcohol motifs (C(OH)–C–C–N with tert-alkyl or cyclic N) is 1. The number of piperidine rings is 1. The smallest absolute Gasteiger partial charge is 0.337 e. The maximum atomic E-state index is 12.9. The average Bonchev–Trinajstić information content (AvgIpc) is 3.05. The standard InChI is InChI=1S/C23H33N3O5/c1-14(2)31-20-12-17(16-5-7-24-8-6-16)15(3)11-19(20)25-21-18(23(29)30-4)13-26(9-10-27)22(21)28/h11-12,14,16,24-25,27H,5-10,13H2,1-4H3. The van der Waals surface area contributed by atoms with Crippen molar-refractivity contribution in [2.24, 2.45) is 0 Å². The highest BCUT2D eigenvalue weighted by atomic mass is 16.5. The first-order valence-electron chi connectivity index (χ1n) is 10.9. The van der Waals surface area contributed by atoms with Crippen LogP contribution in [0, 0.1) is 6.92 Å². The van der Waals surface area contributed by atoms with Crippen LogP contribution in [0.2, 0.25) is 0 Å². The summed E-state index contributed by atoms with van der Waals surface area (Å²) in [6.07, 6.45) is 2.09. The quantitative estimate of drug-likeness (QED) is 0.541. The number of aliphatic hydroxyl groups excluding tert-OH is 1. The van der Waals surface area contributed by atoms with Crippen molar-refractivity contribution in [3.63, 3.8) is 0 Å². The molecule has 2 aliphatic heterocycles. The molecule has 1 fully saturated rings. The number of anilines is 1. The molecule has 0 atom stereocenters. The monoisotopic (exact) mass is 431 g/mol. The molecule has 3 rings (SSSR count). The van der Waals surface area contributed by atoms with E-state index in [0.717, 1.165) is 31.5 Å². The van der Waals surface area contributed by atoms with Crippen molar-refractivity contribution >= 4 is 17.6 Å². The Kier molecular flexibility index (Phi) is 7.56. The van der Waals surface area contributed by atoms with Crippen LogP contribution >= 0.6 is 0 Å². The van der Waals surface area contributed by atoms with Crippen molar-refractivity contribution < 1.29 is 24.2 Å². The summed E-state index contributed by atoms with van der Waals surface area (Å²) in [5, 5.41) is 15.8. The minimum absolute atomic E-state index is 0.0525. The van der Waals surface area contributed by atoms with Crippen molar-refractivity contribution in [3.8, 4) is 5.75 Å². The number of rotatable bonds is 8. The van der Waals surface area contributed by atoms with Gasteiger partial charge in [0.25, 0.3) is 5.91 Å². The molecular formula is C23H33N3O5. The molecule has 1 aromatic carbocycles. The zero-order valence-corrected chi connectivity index (χ0v) is 18.8. The van der Waals surface area contributed by atoms with Gasteiger partial charge in [0, 0.05) is 6.54 Å². The first-order chi connectivity index (χ1) is 14.8. The lowest BCUT2D eigenvalue weighted by atomic mass is 9.87. The largest absolute Gasteiger partial charge is 0.489 e. The summed E-state index contributed by atoms with van der Waals surface area (Å²) in [5.41, 5.74) is 3.42. The highest BCUT2D eigenvalue weighted by Crippen LogP contribution is 2.37. The number of carbonyl (C=O) groups excluding carboxylic acids is 2. The molecule has 1 amide bonds. The number of benzene rings is 1. The van der Waals surface area contributed by atoms with Crippen LogP contribution in [-0.2, 0) is 14.3 Å². The van der Waals surface area contributed by atoms with Gasteiger partial charge in [0.15, 0.2) is 0 Å². The molecule has 3 N–H and O–H groups in total. The van der Waals surface area contributed by atoms with Gasteiger partial charge in [-0.1, -0.05) is 0 Å². The summed E-state index contributed by atoms with van der Waals surface area (Å²) >= 11 is 0. The highest BCUT2D eigenvalue weighted by molar-refractivity contribution is 6.08. The maximum absolute atomic E-state index is 12.9. The van der Waals surface area contributed by atoms with Gasteiger partial charge in [0.2, 0.25) is 0 Å². The van der Waals surface area contributed by atoms with Gasteiger partial charge in [-0.05, 0) is 75.9 Å². The fourth-order valence-electron chi connectivity index (χ4n) is 4.21. The van der Waals surface area contributed by atoms with Crippen LogP contribution in [0.4, 0.5) is 5.69 Å². The van der Waals surface area contributed by atoms with E-state index in [1.807, 2.05) is 19.9 Å². The van der Waals surface area contributed by atoms with Crippen molar-refractivity contribution in [2.45, 2.75) is 45.6 Å². The molecule has 0 radical (unpaired) electrons. The third-order valence-electron chi connectivity index (χ3n) is 5.72. The lowest BCUT2D eigenvalue weighted by Gasteiger charge is -2.26. The fraction of sp³-hybridized carbons (Fsp3) is 0.565. The molecule has 0 saturated carbocycles. The Balaban J connectivity index is 1.98. The number of aryl methyl sites for hydroxylation is 1. The predicted molar refractivity (Wildman–Crippen MR) is 118 cm³/mol. The summed E-state index contributed by atoms with van der Waals surface area (Å²) in [6.45, 7) is 8.02. The van der Waals surface area contributed by atoms with E-state index in [-0.39, 0.29) is 43.0 Å². The van der Waals surface area contributed by atoms with Gasteiger partial charge in [0.05, 0.1) is 37.6 Å². The molecule has 8 heteroatoms. The van der Waals surface area contributed by atoms with Crippen LogP contribution in [-0.4, -0.2) is 67.9 Å². The zero-order valence-electron chi connectivity index (χ0n) is 18.8. The molecule has 0 bridgehead atoms. The number of hydrogen-bond acceptors (Lipinski definition) is 7. The molecule has 1 saturated heterocycles. The van der Waals surface area contributed by atoms with Crippen LogP contribution in [0.1, 0.15) is 43.7 Å². The summed E-state index contributed by atoms with van der Waals surface area (Å²) < 4.78 is 11.0. The lowest BCUT2D eigenvalue weighted by molar-refractivity contribution is -0.136. The highest BCUT2D eigenvalue weighted by Gasteiger charge is 2.35. The van der Waals surface area contributed by atoms with Crippen molar-refractivity contribution in [1.29, 1.82) is 0 Å². The topological polar surface area (TPSA) is 100 Å². The van der Waals surface area contributed by atoms with Gasteiger partial charge in [-0.25, -0.2) is 4.79 Å². The van der Waals surface area contributed by atoms with Gasteiger partial charge < -0.3 is 30.1 Å². The van der Waals surface area contributed by atoms with Crippen LogP contribution < -0.4 is 15.4 Å². The first kappa shape index (κ1) is 23.1. The SMILES string of the molecule is COC(=O)C1=C(Nc2cc(C)c(C3CCNCC3)cc2OC(C)C)C(=O)N(CCO)C1. The van der Waals surface area contributed by atoms with Gasteiger partial charge >= 0.3 is 5.97 Å². The Morgan fingerprint density at radius 3 is 2.65 bits per heavy atom. The molecule has 2 aliphatic rings. The molecule has 2 heterocycles. The van der Waals surface area contributed by atoms with E-state index in [4.69, 9.17) is 9.47 Å². The Bertz CT molecular complexity index is 859. The van der Waals surface area contributed by atoms with Crippen LogP contribution in [0.5, 0.6) is 5.75 Å². The Hall–Kier alpha value is -2.58. The predicted octanol–water partition coefficient (Wildman–Crippen LogP) is 1.92. The summed E-state index contributed by atoms with van der Waals surface area (Å²) in [5.74, 6) is 0.206. The Morgan fingerprint density at radius 1 is 1.32 bits per heavy atom. The molecule has 8 nitrogen and oxygen atoms in total. The van der Waals surface area contributed by atoms with E-state index < -0.39 is 5.97 Å². The number of carbonyl (C=O) groups is 2. The van der Waals surface area contributed by atoms with Crippen molar-refractivity contribution in [2.75, 3.05) is 45.2 Å². The normalized spacial score (nSPS) is 17.5. The van der Waals surface area contributed by atoms with Gasteiger partial charge in [-0.2, -0.15) is 0 Å². The van der Waals surface area contributed by atoms with Gasteiger partial charge in [-0.15, -0.1) is 0 Å². The summed E-state index contributed by atoms with van der Waals surface area (Å²) in [7, 11) is 1.29. The lowest BCUT2D eigenvalue weighted by Crippen LogP contribution is -2.31. The van der Waals surface area contributed by atoms with E-state index in [1.54, 1.807) is 0 Å².